The van der Waals surface area contributed by atoms with Gasteiger partial charge in [0.05, 0.1) is 13.2 Å². The fraction of sp³-hybridized carbons (Fsp3) is 0.297. The molecule has 0 aromatic heterocycles. The van der Waals surface area contributed by atoms with Crippen molar-refractivity contribution in [3.05, 3.63) is 102 Å². The van der Waals surface area contributed by atoms with Crippen LogP contribution < -0.4 is 0 Å². The summed E-state index contributed by atoms with van der Waals surface area (Å²) in [7, 11) is 0. The highest BCUT2D eigenvalue weighted by Crippen LogP contribution is 2.48. The molecule has 0 spiro atoms. The summed E-state index contributed by atoms with van der Waals surface area (Å²) in [4.78, 5) is 0. The van der Waals surface area contributed by atoms with Gasteiger partial charge in [-0.15, -0.1) is 0 Å². The van der Waals surface area contributed by atoms with E-state index in [9.17, 15) is 5.11 Å². The highest BCUT2D eigenvalue weighted by Gasteiger charge is 2.29. The molecule has 1 heterocycles. The maximum absolute atomic E-state index is 11.5. The molecule has 0 unspecified atom stereocenters. The lowest BCUT2D eigenvalue weighted by molar-refractivity contribution is -0.0436. The molecule has 1 fully saturated rings. The lowest BCUT2D eigenvalue weighted by atomic mass is 9.76. The molecule has 5 aromatic carbocycles. The minimum atomic E-state index is -0.415. The predicted octanol–water partition coefficient (Wildman–Crippen LogP) is 9.67. The van der Waals surface area contributed by atoms with Crippen molar-refractivity contribution in [3.63, 3.8) is 0 Å². The number of rotatable bonds is 3. The molecular weight excluding hydrogens is 492 g/mol. The van der Waals surface area contributed by atoms with Crippen LogP contribution in [-0.4, -0.2) is 18.3 Å². The van der Waals surface area contributed by atoms with Crippen LogP contribution in [0.25, 0.3) is 43.8 Å². The van der Waals surface area contributed by atoms with Crippen molar-refractivity contribution in [2.45, 2.75) is 58.7 Å². The first-order chi connectivity index (χ1) is 19.0. The molecule has 0 saturated carbocycles. The Kier molecular flexibility index (Phi) is 6.48. The first kappa shape index (κ1) is 26.6. The Balaban J connectivity index is 1.77. The first-order valence-electron chi connectivity index (χ1n) is 14.2. The molecule has 3 nitrogen and oxygen atoms in total. The summed E-state index contributed by atoms with van der Waals surface area (Å²) < 4.78 is 12.2. The SMILES string of the molecule is CC(C)(C)c1cc(-c2ccc3ccccc3c2-c2c(C3OCCO3)ccc3ccccc23)cc(C(C)(C)C)c1O. The predicted molar refractivity (Wildman–Crippen MR) is 166 cm³/mol. The van der Waals surface area contributed by atoms with Crippen molar-refractivity contribution in [1.82, 2.24) is 0 Å². The molecular formula is C37H38O3. The van der Waals surface area contributed by atoms with Crippen LogP contribution >= 0.6 is 0 Å². The van der Waals surface area contributed by atoms with Gasteiger partial charge in [-0.05, 0) is 66.8 Å². The fourth-order valence-electron chi connectivity index (χ4n) is 6.02. The number of fused-ring (bicyclic) bond motifs is 2. The van der Waals surface area contributed by atoms with Gasteiger partial charge in [-0.2, -0.15) is 0 Å². The van der Waals surface area contributed by atoms with Crippen LogP contribution in [0.1, 0.15) is 64.5 Å². The Morgan fingerprint density at radius 1 is 0.625 bits per heavy atom. The third kappa shape index (κ3) is 4.58. The fourth-order valence-corrected chi connectivity index (χ4v) is 6.02. The van der Waals surface area contributed by atoms with E-state index in [2.05, 4.69) is 126 Å². The third-order valence-corrected chi connectivity index (χ3v) is 8.05. The van der Waals surface area contributed by atoms with Gasteiger partial charge in [0.25, 0.3) is 0 Å². The van der Waals surface area contributed by atoms with Crippen molar-refractivity contribution in [3.8, 4) is 28.0 Å². The van der Waals surface area contributed by atoms with Crippen molar-refractivity contribution >= 4 is 21.5 Å². The van der Waals surface area contributed by atoms with Crippen molar-refractivity contribution in [2.75, 3.05) is 13.2 Å². The monoisotopic (exact) mass is 530 g/mol. The zero-order chi connectivity index (χ0) is 28.2. The zero-order valence-corrected chi connectivity index (χ0v) is 24.3. The van der Waals surface area contributed by atoms with Gasteiger partial charge in [-0.25, -0.2) is 0 Å². The number of benzene rings is 5. The van der Waals surface area contributed by atoms with Crippen LogP contribution in [0.15, 0.2) is 84.9 Å². The Morgan fingerprint density at radius 2 is 1.12 bits per heavy atom. The summed E-state index contributed by atoms with van der Waals surface area (Å²) in [5, 5.41) is 16.2. The van der Waals surface area contributed by atoms with Gasteiger partial charge in [-0.1, -0.05) is 114 Å². The average molecular weight is 531 g/mol. The number of hydrogen-bond donors (Lipinski definition) is 1. The Labute approximate surface area is 237 Å². The molecule has 3 heteroatoms. The van der Waals surface area contributed by atoms with Crippen LogP contribution in [0.3, 0.4) is 0 Å². The van der Waals surface area contributed by atoms with Gasteiger partial charge < -0.3 is 14.6 Å². The van der Waals surface area contributed by atoms with Gasteiger partial charge in [0, 0.05) is 16.7 Å². The average Bonchev–Trinajstić information content (AvgIpc) is 3.46. The number of aromatic hydroxyl groups is 1. The van der Waals surface area contributed by atoms with Crippen LogP contribution in [-0.2, 0) is 20.3 Å². The van der Waals surface area contributed by atoms with E-state index in [1.54, 1.807) is 0 Å². The zero-order valence-electron chi connectivity index (χ0n) is 24.3. The molecule has 5 aromatic rings. The molecule has 1 N–H and O–H groups in total. The Morgan fingerprint density at radius 3 is 1.68 bits per heavy atom. The standard InChI is InChI=1S/C37H38O3/c1-36(2,3)30-21-25(22-31(34(30)38)37(4,5)6)28-17-15-23-11-7-9-13-26(23)32(28)33-27-14-10-8-12-24(27)16-18-29(33)35-39-19-20-40-35/h7-18,21-22,35,38H,19-20H2,1-6H3. The Hall–Kier alpha value is -3.66. The molecule has 1 saturated heterocycles. The van der Waals surface area contributed by atoms with E-state index in [0.717, 1.165) is 38.9 Å². The molecule has 0 amide bonds. The summed E-state index contributed by atoms with van der Waals surface area (Å²) in [6, 6.07) is 30.3. The lowest BCUT2D eigenvalue weighted by Crippen LogP contribution is -2.17. The maximum atomic E-state index is 11.5. The summed E-state index contributed by atoms with van der Waals surface area (Å²) >= 11 is 0. The molecule has 1 aliphatic rings. The van der Waals surface area contributed by atoms with Gasteiger partial charge in [0.2, 0.25) is 0 Å². The largest absolute Gasteiger partial charge is 0.507 e. The number of hydrogen-bond acceptors (Lipinski definition) is 3. The maximum Gasteiger partial charge on any atom is 0.184 e. The minimum Gasteiger partial charge on any atom is -0.507 e. The van der Waals surface area contributed by atoms with Gasteiger partial charge in [-0.3, -0.25) is 0 Å². The number of phenolic OH excluding ortho intramolecular Hbond substituents is 1. The second kappa shape index (κ2) is 9.76. The van der Waals surface area contributed by atoms with E-state index in [-0.39, 0.29) is 10.8 Å². The van der Waals surface area contributed by atoms with Crippen LogP contribution in [0.4, 0.5) is 0 Å². The smallest absolute Gasteiger partial charge is 0.184 e. The second-order valence-corrected chi connectivity index (χ2v) is 13.0. The number of ether oxygens (including phenoxy) is 2. The summed E-state index contributed by atoms with van der Waals surface area (Å²) in [6.45, 7) is 14.2. The first-order valence-corrected chi connectivity index (χ1v) is 14.2. The highest BCUT2D eigenvalue weighted by atomic mass is 16.7. The molecule has 0 radical (unpaired) electrons. The molecule has 0 bridgehead atoms. The summed E-state index contributed by atoms with van der Waals surface area (Å²) in [5.74, 6) is 0.393. The Bertz CT molecular complexity index is 1690. The van der Waals surface area contributed by atoms with Crippen LogP contribution in [0.2, 0.25) is 0 Å². The molecule has 6 rings (SSSR count). The van der Waals surface area contributed by atoms with Crippen molar-refractivity contribution in [2.24, 2.45) is 0 Å². The van der Waals surface area contributed by atoms with Crippen LogP contribution in [0, 0.1) is 0 Å². The molecule has 0 atom stereocenters. The van der Waals surface area contributed by atoms with E-state index < -0.39 is 6.29 Å². The number of phenols is 1. The molecule has 0 aliphatic carbocycles. The summed E-state index contributed by atoms with van der Waals surface area (Å²) in [6.07, 6.45) is -0.415. The quantitative estimate of drug-likeness (QED) is 0.252. The topological polar surface area (TPSA) is 38.7 Å². The highest BCUT2D eigenvalue weighted by molar-refractivity contribution is 6.11. The van der Waals surface area contributed by atoms with Gasteiger partial charge in [0.15, 0.2) is 6.29 Å². The lowest BCUT2D eigenvalue weighted by Gasteiger charge is -2.29. The van der Waals surface area contributed by atoms with E-state index in [0.29, 0.717) is 19.0 Å². The minimum absolute atomic E-state index is 0.229. The molecule has 1 aliphatic heterocycles. The van der Waals surface area contributed by atoms with Crippen LogP contribution in [0.5, 0.6) is 5.75 Å². The van der Waals surface area contributed by atoms with E-state index in [4.69, 9.17) is 9.47 Å². The normalized spacial score (nSPS) is 14.8. The molecule has 40 heavy (non-hydrogen) atoms. The second-order valence-electron chi connectivity index (χ2n) is 13.0. The summed E-state index contributed by atoms with van der Waals surface area (Å²) in [5.41, 5.74) is 7.02. The van der Waals surface area contributed by atoms with Crippen molar-refractivity contribution in [1.29, 1.82) is 0 Å². The van der Waals surface area contributed by atoms with Gasteiger partial charge >= 0.3 is 0 Å². The van der Waals surface area contributed by atoms with E-state index in [1.165, 1.54) is 21.5 Å². The van der Waals surface area contributed by atoms with Crippen molar-refractivity contribution < 1.29 is 14.6 Å². The van der Waals surface area contributed by atoms with E-state index in [1.807, 2.05) is 0 Å². The van der Waals surface area contributed by atoms with Gasteiger partial charge in [0.1, 0.15) is 5.75 Å². The third-order valence-electron chi connectivity index (χ3n) is 8.05. The molecule has 204 valence electrons. The van der Waals surface area contributed by atoms with E-state index >= 15 is 0 Å².